The Morgan fingerprint density at radius 3 is 2.61 bits per heavy atom. The average Bonchev–Trinajstić information content (AvgIpc) is 2.50. The van der Waals surface area contributed by atoms with Crippen molar-refractivity contribution < 1.29 is 18.8 Å². The van der Waals surface area contributed by atoms with Gasteiger partial charge >= 0.3 is 5.69 Å². The van der Waals surface area contributed by atoms with Crippen LogP contribution in [0.2, 0.25) is 0 Å². The van der Waals surface area contributed by atoms with Crippen LogP contribution in [-0.4, -0.2) is 15.8 Å². The van der Waals surface area contributed by atoms with E-state index >= 15 is 0 Å². The monoisotopic (exact) mass is 317 g/mol. The molecule has 0 unspecified atom stereocenters. The number of halogens is 1. The van der Waals surface area contributed by atoms with Crippen LogP contribution >= 0.6 is 0 Å². The highest BCUT2D eigenvalue weighted by molar-refractivity contribution is 6.01. The summed E-state index contributed by atoms with van der Waals surface area (Å²) in [6.45, 7) is 4.56. The highest BCUT2D eigenvalue weighted by Crippen LogP contribution is 2.30. The van der Waals surface area contributed by atoms with Crippen LogP contribution in [0.15, 0.2) is 48.9 Å². The number of amides is 1. The second-order valence-corrected chi connectivity index (χ2v) is 4.58. The zero-order chi connectivity index (χ0) is 17.0. The van der Waals surface area contributed by atoms with Crippen LogP contribution in [0.3, 0.4) is 0 Å². The minimum atomic E-state index is -1.11. The summed E-state index contributed by atoms with van der Waals surface area (Å²) in [7, 11) is 0. The van der Waals surface area contributed by atoms with Gasteiger partial charge < -0.3 is 10.1 Å². The number of pyridine rings is 1. The van der Waals surface area contributed by atoms with Crippen molar-refractivity contribution in [2.75, 3.05) is 5.32 Å². The summed E-state index contributed by atoms with van der Waals surface area (Å²) in [4.78, 5) is 25.4. The normalized spacial score (nSPS) is 10.0. The molecule has 23 heavy (non-hydrogen) atoms. The van der Waals surface area contributed by atoms with Gasteiger partial charge in [-0.2, -0.15) is 0 Å². The van der Waals surface area contributed by atoms with E-state index < -0.39 is 16.7 Å². The predicted molar refractivity (Wildman–Crippen MR) is 81.0 cm³/mol. The van der Waals surface area contributed by atoms with Crippen molar-refractivity contribution in [3.05, 3.63) is 64.6 Å². The number of rotatable bonds is 5. The first-order valence-electron chi connectivity index (χ1n) is 6.41. The number of aryl methyl sites for hydroxylation is 1. The number of ether oxygens (including phenoxy) is 1. The third-order valence-electron chi connectivity index (χ3n) is 2.74. The standard InChI is InChI=1S/C15H12FN3O4/c1-9-7-13(19(21)22)15(17-8-9)23-12-5-3-11(4-6-12)18-14(20)10(2)16/h3-8H,2H2,1H3,(H,18,20). The van der Waals surface area contributed by atoms with Crippen molar-refractivity contribution in [1.82, 2.24) is 4.98 Å². The third kappa shape index (κ3) is 4.10. The summed E-state index contributed by atoms with van der Waals surface area (Å²) in [6.07, 6.45) is 1.45. The number of aromatic nitrogens is 1. The van der Waals surface area contributed by atoms with Gasteiger partial charge in [0.1, 0.15) is 5.75 Å². The quantitative estimate of drug-likeness (QED) is 0.517. The first-order valence-corrected chi connectivity index (χ1v) is 6.41. The van der Waals surface area contributed by atoms with Crippen molar-refractivity contribution in [3.63, 3.8) is 0 Å². The fourth-order valence-corrected chi connectivity index (χ4v) is 1.67. The molecule has 2 rings (SSSR count). The second-order valence-electron chi connectivity index (χ2n) is 4.58. The number of hydrogen-bond acceptors (Lipinski definition) is 5. The molecular weight excluding hydrogens is 305 g/mol. The molecule has 8 heteroatoms. The molecule has 1 N–H and O–H groups in total. The molecule has 0 atom stereocenters. The molecule has 1 heterocycles. The Kier molecular flexibility index (Phi) is 4.65. The van der Waals surface area contributed by atoms with E-state index in [2.05, 4.69) is 16.9 Å². The van der Waals surface area contributed by atoms with Gasteiger partial charge in [0.15, 0.2) is 5.83 Å². The van der Waals surface area contributed by atoms with Crippen LogP contribution < -0.4 is 10.1 Å². The minimum absolute atomic E-state index is 0.144. The van der Waals surface area contributed by atoms with Gasteiger partial charge in [0, 0.05) is 18.0 Å². The summed E-state index contributed by atoms with van der Waals surface area (Å²) in [5, 5.41) is 13.3. The van der Waals surface area contributed by atoms with Gasteiger partial charge in [-0.25, -0.2) is 9.37 Å². The van der Waals surface area contributed by atoms with E-state index in [1.165, 1.54) is 36.5 Å². The molecule has 1 aromatic carbocycles. The number of nitrogens with zero attached hydrogens (tertiary/aromatic N) is 2. The van der Waals surface area contributed by atoms with Crippen LogP contribution in [0, 0.1) is 17.0 Å². The Hall–Kier alpha value is -3.29. The van der Waals surface area contributed by atoms with Gasteiger partial charge in [-0.15, -0.1) is 0 Å². The molecule has 1 aromatic heterocycles. The number of carbonyl (C=O) groups excluding carboxylic acids is 1. The Bertz CT molecular complexity index is 775. The molecule has 2 aromatic rings. The summed E-state index contributed by atoms with van der Waals surface area (Å²) in [5.41, 5.74) is 0.706. The fraction of sp³-hybridized carbons (Fsp3) is 0.0667. The molecule has 7 nitrogen and oxygen atoms in total. The first kappa shape index (κ1) is 16.1. The lowest BCUT2D eigenvalue weighted by Gasteiger charge is -2.07. The van der Waals surface area contributed by atoms with Crippen molar-refractivity contribution in [2.24, 2.45) is 0 Å². The third-order valence-corrected chi connectivity index (χ3v) is 2.74. The Balaban J connectivity index is 2.17. The largest absolute Gasteiger partial charge is 0.434 e. The molecule has 0 spiro atoms. The first-order chi connectivity index (χ1) is 10.9. The summed E-state index contributed by atoms with van der Waals surface area (Å²) >= 11 is 0. The Labute approximate surface area is 130 Å². The molecule has 1 amide bonds. The lowest BCUT2D eigenvalue weighted by molar-refractivity contribution is -0.386. The average molecular weight is 317 g/mol. The van der Waals surface area contributed by atoms with Gasteiger partial charge in [0.2, 0.25) is 0 Å². The molecule has 0 fully saturated rings. The van der Waals surface area contributed by atoms with Crippen LogP contribution in [0.4, 0.5) is 15.8 Å². The predicted octanol–water partition coefficient (Wildman–Crippen LogP) is 3.51. The molecule has 0 radical (unpaired) electrons. The van der Waals surface area contributed by atoms with Crippen molar-refractivity contribution in [1.29, 1.82) is 0 Å². The van der Waals surface area contributed by atoms with E-state index in [1.54, 1.807) is 6.92 Å². The van der Waals surface area contributed by atoms with E-state index in [9.17, 15) is 19.3 Å². The maximum absolute atomic E-state index is 12.6. The molecule has 0 aliphatic heterocycles. The highest BCUT2D eigenvalue weighted by Gasteiger charge is 2.17. The lowest BCUT2D eigenvalue weighted by atomic mass is 10.3. The van der Waals surface area contributed by atoms with Crippen molar-refractivity contribution in [3.8, 4) is 11.6 Å². The summed E-state index contributed by atoms with van der Waals surface area (Å²) in [6, 6.07) is 7.18. The van der Waals surface area contributed by atoms with Gasteiger partial charge in [-0.3, -0.25) is 14.9 Å². The minimum Gasteiger partial charge on any atom is -0.434 e. The Morgan fingerprint density at radius 1 is 1.39 bits per heavy atom. The second kappa shape index (κ2) is 6.65. The number of benzene rings is 1. The van der Waals surface area contributed by atoms with E-state index in [1.807, 2.05) is 0 Å². The van der Waals surface area contributed by atoms with E-state index in [0.29, 0.717) is 11.3 Å². The molecule has 0 bridgehead atoms. The number of anilines is 1. The summed E-state index contributed by atoms with van der Waals surface area (Å²) in [5.74, 6) is -1.92. The number of carbonyl (C=O) groups is 1. The number of nitrogens with one attached hydrogen (secondary N) is 1. The van der Waals surface area contributed by atoms with Gasteiger partial charge in [-0.05, 0) is 36.8 Å². The lowest BCUT2D eigenvalue weighted by Crippen LogP contribution is -2.10. The SMILES string of the molecule is C=C(F)C(=O)Nc1ccc(Oc2ncc(C)cc2[N+](=O)[O-])cc1. The smallest absolute Gasteiger partial charge is 0.331 e. The van der Waals surface area contributed by atoms with Crippen LogP contribution in [0.5, 0.6) is 11.6 Å². The van der Waals surface area contributed by atoms with Crippen LogP contribution in [0.25, 0.3) is 0 Å². The molecule has 0 aliphatic rings. The van der Waals surface area contributed by atoms with Crippen LogP contribution in [-0.2, 0) is 4.79 Å². The van der Waals surface area contributed by atoms with Gasteiger partial charge in [0.05, 0.1) is 4.92 Å². The molecule has 0 saturated heterocycles. The molecule has 0 saturated carbocycles. The van der Waals surface area contributed by atoms with Gasteiger partial charge in [-0.1, -0.05) is 6.58 Å². The van der Waals surface area contributed by atoms with E-state index in [-0.39, 0.29) is 17.3 Å². The zero-order valence-corrected chi connectivity index (χ0v) is 12.1. The summed E-state index contributed by atoms with van der Waals surface area (Å²) < 4.78 is 18.0. The number of hydrogen-bond donors (Lipinski definition) is 1. The maximum atomic E-state index is 12.6. The zero-order valence-electron chi connectivity index (χ0n) is 12.1. The number of nitro groups is 1. The highest BCUT2D eigenvalue weighted by atomic mass is 19.1. The maximum Gasteiger partial charge on any atom is 0.331 e. The van der Waals surface area contributed by atoms with Gasteiger partial charge in [0.25, 0.3) is 11.8 Å². The molecule has 0 aliphatic carbocycles. The topological polar surface area (TPSA) is 94.4 Å². The fourth-order valence-electron chi connectivity index (χ4n) is 1.67. The van der Waals surface area contributed by atoms with Crippen molar-refractivity contribution in [2.45, 2.75) is 6.92 Å². The van der Waals surface area contributed by atoms with E-state index in [0.717, 1.165) is 0 Å². The Morgan fingerprint density at radius 2 is 2.04 bits per heavy atom. The molecular formula is C15H12FN3O4. The van der Waals surface area contributed by atoms with Crippen LogP contribution in [0.1, 0.15) is 5.56 Å². The van der Waals surface area contributed by atoms with Crippen molar-refractivity contribution >= 4 is 17.3 Å². The van der Waals surface area contributed by atoms with E-state index in [4.69, 9.17) is 4.74 Å². The molecule has 118 valence electrons.